The number of rotatable bonds is 5. The minimum absolute atomic E-state index is 0.00209. The lowest BCUT2D eigenvalue weighted by Gasteiger charge is -2.10. The van der Waals surface area contributed by atoms with E-state index in [0.717, 1.165) is 0 Å². The van der Waals surface area contributed by atoms with Crippen molar-refractivity contribution in [3.63, 3.8) is 0 Å². The number of nitrogens with zero attached hydrogens (tertiary/aromatic N) is 2. The molecular formula is C18H19N3O4S. The van der Waals surface area contributed by atoms with Crippen molar-refractivity contribution in [1.29, 1.82) is 0 Å². The normalized spacial score (nSPS) is 11.3. The highest BCUT2D eigenvalue weighted by Crippen LogP contribution is 2.25. The summed E-state index contributed by atoms with van der Waals surface area (Å²) in [6, 6.07) is 15.3. The summed E-state index contributed by atoms with van der Waals surface area (Å²) in [5.74, 6) is 0.206. The molecule has 0 aliphatic rings. The maximum atomic E-state index is 12.9. The van der Waals surface area contributed by atoms with Crippen LogP contribution in [0.3, 0.4) is 0 Å². The number of sulfonamides is 1. The Morgan fingerprint density at radius 2 is 1.62 bits per heavy atom. The van der Waals surface area contributed by atoms with Crippen molar-refractivity contribution < 1.29 is 13.2 Å². The highest BCUT2D eigenvalue weighted by atomic mass is 32.2. The molecule has 0 fully saturated rings. The number of ether oxygens (including phenoxy) is 1. The van der Waals surface area contributed by atoms with Crippen LogP contribution in [0.4, 0.5) is 5.69 Å². The average molecular weight is 373 g/mol. The molecule has 0 spiro atoms. The van der Waals surface area contributed by atoms with E-state index in [-0.39, 0.29) is 16.3 Å². The van der Waals surface area contributed by atoms with Crippen molar-refractivity contribution in [3.8, 4) is 11.4 Å². The molecule has 0 bridgehead atoms. The molecule has 136 valence electrons. The van der Waals surface area contributed by atoms with Crippen molar-refractivity contribution in [2.75, 3.05) is 11.8 Å². The summed E-state index contributed by atoms with van der Waals surface area (Å²) in [7, 11) is -0.896. The van der Waals surface area contributed by atoms with E-state index in [1.165, 1.54) is 17.9 Å². The number of hydrogen-bond donors (Lipinski definition) is 1. The fraction of sp³-hybridized carbons (Fsp3) is 0.167. The van der Waals surface area contributed by atoms with E-state index in [4.69, 9.17) is 4.74 Å². The number of methoxy groups -OCH3 is 1. The summed E-state index contributed by atoms with van der Waals surface area (Å²) in [4.78, 5) is 12.8. The summed E-state index contributed by atoms with van der Waals surface area (Å²) >= 11 is 0. The molecule has 2 aromatic carbocycles. The van der Waals surface area contributed by atoms with Crippen LogP contribution in [0.2, 0.25) is 0 Å². The van der Waals surface area contributed by atoms with Crippen molar-refractivity contribution in [1.82, 2.24) is 9.36 Å². The molecule has 26 heavy (non-hydrogen) atoms. The van der Waals surface area contributed by atoms with Crippen LogP contribution in [-0.2, 0) is 17.1 Å². The Balaban J connectivity index is 2.11. The first kappa shape index (κ1) is 17.8. The van der Waals surface area contributed by atoms with Crippen molar-refractivity contribution >= 4 is 15.7 Å². The largest absolute Gasteiger partial charge is 0.495 e. The first-order valence-electron chi connectivity index (χ1n) is 7.86. The molecule has 3 aromatic rings. The van der Waals surface area contributed by atoms with Crippen LogP contribution >= 0.6 is 0 Å². The monoisotopic (exact) mass is 373 g/mol. The van der Waals surface area contributed by atoms with Gasteiger partial charge in [-0.1, -0.05) is 30.3 Å². The Bertz CT molecular complexity index is 1100. The molecule has 3 rings (SSSR count). The van der Waals surface area contributed by atoms with Gasteiger partial charge in [-0.05, 0) is 31.2 Å². The number of nitrogens with one attached hydrogen (secondary N) is 1. The summed E-state index contributed by atoms with van der Waals surface area (Å²) in [5.41, 5.74) is 0.695. The first-order valence-corrected chi connectivity index (χ1v) is 9.35. The minimum atomic E-state index is -3.99. The second kappa shape index (κ2) is 6.72. The number of aromatic nitrogens is 2. The molecule has 1 aromatic heterocycles. The van der Waals surface area contributed by atoms with Gasteiger partial charge in [0.25, 0.3) is 15.6 Å². The molecule has 0 aliphatic carbocycles. The number of hydrogen-bond acceptors (Lipinski definition) is 4. The van der Waals surface area contributed by atoms with Crippen LogP contribution in [-0.4, -0.2) is 24.9 Å². The van der Waals surface area contributed by atoms with E-state index < -0.39 is 15.6 Å². The quantitative estimate of drug-likeness (QED) is 0.744. The van der Waals surface area contributed by atoms with E-state index in [1.54, 1.807) is 49.0 Å². The Hall–Kier alpha value is -3.00. The molecule has 0 radical (unpaired) electrons. The standard InChI is InChI=1S/C18H19N3O4S/c1-13-17(18(22)21(20(13)2)14-9-5-4-6-10-14)19-26(23,24)16-12-8-7-11-15(16)25-3/h4-12,19H,1-3H3. The summed E-state index contributed by atoms with van der Waals surface area (Å²) in [6.45, 7) is 1.68. The van der Waals surface area contributed by atoms with Gasteiger partial charge in [-0.25, -0.2) is 13.1 Å². The van der Waals surface area contributed by atoms with Gasteiger partial charge in [0.1, 0.15) is 16.3 Å². The molecule has 1 N–H and O–H groups in total. The molecule has 0 saturated heterocycles. The maximum Gasteiger partial charge on any atom is 0.296 e. The average Bonchev–Trinajstić information content (AvgIpc) is 2.85. The molecule has 0 atom stereocenters. The van der Waals surface area contributed by atoms with Crippen molar-refractivity contribution in [3.05, 3.63) is 70.6 Å². The van der Waals surface area contributed by atoms with Crippen LogP contribution in [0, 0.1) is 6.92 Å². The van der Waals surface area contributed by atoms with Gasteiger partial charge in [-0.15, -0.1) is 0 Å². The first-order chi connectivity index (χ1) is 12.4. The lowest BCUT2D eigenvalue weighted by Crippen LogP contribution is -2.23. The lowest BCUT2D eigenvalue weighted by molar-refractivity contribution is 0.403. The molecule has 0 amide bonds. The third-order valence-corrected chi connectivity index (χ3v) is 5.54. The summed E-state index contributed by atoms with van der Waals surface area (Å²) in [5, 5.41) is 0. The van der Waals surface area contributed by atoms with Gasteiger partial charge in [0.2, 0.25) is 0 Å². The Morgan fingerprint density at radius 3 is 2.27 bits per heavy atom. The molecule has 0 unspecified atom stereocenters. The Morgan fingerprint density at radius 1 is 1.00 bits per heavy atom. The van der Waals surface area contributed by atoms with Gasteiger partial charge >= 0.3 is 0 Å². The predicted molar refractivity (Wildman–Crippen MR) is 99.5 cm³/mol. The summed E-state index contributed by atoms with van der Waals surface area (Å²) < 4.78 is 36.1. The SMILES string of the molecule is COc1ccccc1S(=O)(=O)Nc1c(C)n(C)n(-c2ccccc2)c1=O. The van der Waals surface area contributed by atoms with Gasteiger partial charge < -0.3 is 4.74 Å². The predicted octanol–water partition coefficient (Wildman–Crippen LogP) is 2.29. The number of benzene rings is 2. The number of para-hydroxylation sites is 2. The summed E-state index contributed by atoms with van der Waals surface area (Å²) in [6.07, 6.45) is 0. The minimum Gasteiger partial charge on any atom is -0.495 e. The molecule has 7 nitrogen and oxygen atoms in total. The van der Waals surface area contributed by atoms with Crippen molar-refractivity contribution in [2.24, 2.45) is 7.05 Å². The highest BCUT2D eigenvalue weighted by molar-refractivity contribution is 7.92. The van der Waals surface area contributed by atoms with E-state index in [0.29, 0.717) is 11.4 Å². The molecular weight excluding hydrogens is 354 g/mol. The van der Waals surface area contributed by atoms with Gasteiger partial charge in [0.15, 0.2) is 0 Å². The lowest BCUT2D eigenvalue weighted by atomic mass is 10.3. The molecule has 0 aliphatic heterocycles. The van der Waals surface area contributed by atoms with Crippen LogP contribution in [0.25, 0.3) is 5.69 Å². The second-order valence-corrected chi connectivity index (χ2v) is 7.34. The van der Waals surface area contributed by atoms with E-state index in [1.807, 2.05) is 18.2 Å². The van der Waals surface area contributed by atoms with E-state index in [2.05, 4.69) is 4.72 Å². The zero-order valence-corrected chi connectivity index (χ0v) is 15.4. The van der Waals surface area contributed by atoms with Crippen LogP contribution < -0.4 is 15.0 Å². The molecule has 1 heterocycles. The van der Waals surface area contributed by atoms with Gasteiger partial charge in [0.05, 0.1) is 18.5 Å². The fourth-order valence-electron chi connectivity index (χ4n) is 2.72. The Kier molecular flexibility index (Phi) is 4.60. The zero-order chi connectivity index (χ0) is 18.9. The van der Waals surface area contributed by atoms with Crippen LogP contribution in [0.15, 0.2) is 64.3 Å². The third kappa shape index (κ3) is 2.99. The van der Waals surface area contributed by atoms with E-state index >= 15 is 0 Å². The zero-order valence-electron chi connectivity index (χ0n) is 14.6. The third-order valence-electron chi connectivity index (χ3n) is 4.15. The molecule has 8 heteroatoms. The van der Waals surface area contributed by atoms with Crippen LogP contribution in [0.1, 0.15) is 5.69 Å². The highest BCUT2D eigenvalue weighted by Gasteiger charge is 2.24. The smallest absolute Gasteiger partial charge is 0.296 e. The van der Waals surface area contributed by atoms with Gasteiger partial charge in [0, 0.05) is 7.05 Å². The van der Waals surface area contributed by atoms with Gasteiger partial charge in [-0.2, -0.15) is 0 Å². The molecule has 0 saturated carbocycles. The maximum absolute atomic E-state index is 12.9. The Labute approximate surface area is 151 Å². The number of anilines is 1. The van der Waals surface area contributed by atoms with Crippen LogP contribution in [0.5, 0.6) is 5.75 Å². The second-order valence-electron chi connectivity index (χ2n) is 5.69. The van der Waals surface area contributed by atoms with Crippen molar-refractivity contribution in [2.45, 2.75) is 11.8 Å². The van der Waals surface area contributed by atoms with Gasteiger partial charge in [-0.3, -0.25) is 14.2 Å². The fourth-order valence-corrected chi connectivity index (χ4v) is 4.00. The van der Waals surface area contributed by atoms with E-state index in [9.17, 15) is 13.2 Å². The topological polar surface area (TPSA) is 82.3 Å².